The summed E-state index contributed by atoms with van der Waals surface area (Å²) >= 11 is 0. The second kappa shape index (κ2) is 8.08. The quantitative estimate of drug-likeness (QED) is 0.746. The van der Waals surface area contributed by atoms with Gasteiger partial charge in [0.15, 0.2) is 0 Å². The smallest absolute Gasteiger partial charge is 0.407 e. The molecule has 1 aromatic rings. The van der Waals surface area contributed by atoms with Crippen LogP contribution in [0.25, 0.3) is 0 Å². The molecule has 2 aliphatic rings. The Balaban J connectivity index is 1.80. The van der Waals surface area contributed by atoms with Crippen molar-refractivity contribution in [1.82, 2.24) is 10.3 Å². The second-order valence-electron chi connectivity index (χ2n) is 9.15. The molecule has 3 rings (SSSR count). The van der Waals surface area contributed by atoms with Crippen molar-refractivity contribution >= 4 is 23.4 Å². The van der Waals surface area contributed by atoms with E-state index in [9.17, 15) is 9.59 Å². The number of carbonyl (C=O) groups excluding carboxylic acids is 2. The number of nitrogens with one attached hydrogen (secondary N) is 1. The number of carbonyl (C=O) groups is 2. The third-order valence-corrected chi connectivity index (χ3v) is 5.18. The first-order valence-electron chi connectivity index (χ1n) is 10.2. The number of rotatable bonds is 3. The van der Waals surface area contributed by atoms with E-state index in [4.69, 9.17) is 15.2 Å². The van der Waals surface area contributed by atoms with Crippen molar-refractivity contribution in [2.75, 3.05) is 23.7 Å². The maximum absolute atomic E-state index is 12.2. The van der Waals surface area contributed by atoms with Crippen LogP contribution in [0.15, 0.2) is 6.20 Å². The summed E-state index contributed by atoms with van der Waals surface area (Å²) in [4.78, 5) is 30.3. The zero-order chi connectivity index (χ0) is 21.3. The number of pyridine rings is 1. The van der Waals surface area contributed by atoms with Crippen LogP contribution in [0.1, 0.15) is 64.8 Å². The summed E-state index contributed by atoms with van der Waals surface area (Å²) in [6.45, 7) is 10.6. The molecule has 1 aliphatic carbocycles. The van der Waals surface area contributed by atoms with Crippen LogP contribution in [0.5, 0.6) is 0 Å². The number of esters is 1. The summed E-state index contributed by atoms with van der Waals surface area (Å²) < 4.78 is 10.8. The highest BCUT2D eigenvalue weighted by atomic mass is 16.6. The molecule has 2 heterocycles. The number of fused-ring (bicyclic) bond motifs is 1. The van der Waals surface area contributed by atoms with Crippen molar-refractivity contribution in [2.24, 2.45) is 5.92 Å². The Kier molecular flexibility index (Phi) is 5.91. The van der Waals surface area contributed by atoms with Gasteiger partial charge in [0.25, 0.3) is 0 Å². The highest BCUT2D eigenvalue weighted by Gasteiger charge is 2.34. The number of nitrogens with two attached hydrogens (primary N) is 1. The first kappa shape index (κ1) is 21.2. The van der Waals surface area contributed by atoms with E-state index < -0.39 is 11.7 Å². The lowest BCUT2D eigenvalue weighted by Crippen LogP contribution is -2.51. The SMILES string of the molecule is CC(=O)OC1CCc2c1ncc(N)c2N1C[C@@H](C)C[C@H](NC(=O)OC(C)(C)C)C1. The van der Waals surface area contributed by atoms with Gasteiger partial charge in [-0.05, 0) is 46.0 Å². The largest absolute Gasteiger partial charge is 0.456 e. The minimum absolute atomic E-state index is 0.0394. The maximum atomic E-state index is 12.2. The molecule has 0 saturated carbocycles. The van der Waals surface area contributed by atoms with Gasteiger partial charge in [-0.1, -0.05) is 6.92 Å². The Morgan fingerprint density at radius 3 is 2.69 bits per heavy atom. The molecular weight excluding hydrogens is 372 g/mol. The van der Waals surface area contributed by atoms with E-state index in [1.165, 1.54) is 6.92 Å². The first-order valence-corrected chi connectivity index (χ1v) is 10.2. The van der Waals surface area contributed by atoms with Crippen molar-refractivity contribution in [2.45, 2.75) is 71.6 Å². The van der Waals surface area contributed by atoms with Crippen molar-refractivity contribution in [3.8, 4) is 0 Å². The number of piperidine rings is 1. The van der Waals surface area contributed by atoms with Gasteiger partial charge in [0.1, 0.15) is 11.7 Å². The average molecular weight is 405 g/mol. The molecule has 0 spiro atoms. The molecule has 160 valence electrons. The van der Waals surface area contributed by atoms with Crippen molar-refractivity contribution in [3.05, 3.63) is 17.5 Å². The molecule has 0 bridgehead atoms. The van der Waals surface area contributed by atoms with Gasteiger partial charge in [0, 0.05) is 31.6 Å². The molecule has 3 atom stereocenters. The molecule has 29 heavy (non-hydrogen) atoms. The molecule has 1 saturated heterocycles. The van der Waals surface area contributed by atoms with Gasteiger partial charge >= 0.3 is 12.1 Å². The summed E-state index contributed by atoms with van der Waals surface area (Å²) in [7, 11) is 0. The first-order chi connectivity index (χ1) is 13.5. The zero-order valence-electron chi connectivity index (χ0n) is 17.9. The van der Waals surface area contributed by atoms with Gasteiger partial charge in [0.05, 0.1) is 23.3 Å². The molecule has 0 radical (unpaired) electrons. The van der Waals surface area contributed by atoms with E-state index in [2.05, 4.69) is 22.1 Å². The average Bonchev–Trinajstić information content (AvgIpc) is 2.94. The Morgan fingerprint density at radius 1 is 1.31 bits per heavy atom. The summed E-state index contributed by atoms with van der Waals surface area (Å²) in [5.74, 6) is 0.0637. The third kappa shape index (κ3) is 5.10. The topological polar surface area (TPSA) is 107 Å². The molecule has 8 nitrogen and oxygen atoms in total. The predicted octanol–water partition coefficient (Wildman–Crippen LogP) is 2.95. The zero-order valence-corrected chi connectivity index (χ0v) is 17.9. The molecular formula is C21H32N4O4. The summed E-state index contributed by atoms with van der Waals surface area (Å²) in [6, 6.07) is -0.0394. The lowest BCUT2D eigenvalue weighted by Gasteiger charge is -2.39. The highest BCUT2D eigenvalue weighted by Crippen LogP contribution is 2.42. The van der Waals surface area contributed by atoms with E-state index in [-0.39, 0.29) is 18.1 Å². The van der Waals surface area contributed by atoms with E-state index in [0.29, 0.717) is 24.6 Å². The molecule has 1 amide bonds. The van der Waals surface area contributed by atoms with Crippen LogP contribution in [-0.4, -0.2) is 41.8 Å². The summed E-state index contributed by atoms with van der Waals surface area (Å²) in [5.41, 5.74) is 9.18. The third-order valence-electron chi connectivity index (χ3n) is 5.18. The molecule has 1 aliphatic heterocycles. The number of anilines is 2. The summed E-state index contributed by atoms with van der Waals surface area (Å²) in [6.07, 6.45) is 3.26. The minimum Gasteiger partial charge on any atom is -0.456 e. The van der Waals surface area contributed by atoms with Crippen LogP contribution in [-0.2, 0) is 20.7 Å². The van der Waals surface area contributed by atoms with Crippen LogP contribution in [0.2, 0.25) is 0 Å². The van der Waals surface area contributed by atoms with Gasteiger partial charge in [-0.2, -0.15) is 0 Å². The molecule has 3 N–H and O–H groups in total. The van der Waals surface area contributed by atoms with E-state index in [1.54, 1.807) is 6.20 Å². The van der Waals surface area contributed by atoms with E-state index in [0.717, 1.165) is 36.3 Å². The number of hydrogen-bond acceptors (Lipinski definition) is 7. The fraction of sp³-hybridized carbons (Fsp3) is 0.667. The Hall–Kier alpha value is -2.51. The Bertz CT molecular complexity index is 790. The van der Waals surface area contributed by atoms with Gasteiger partial charge in [-0.15, -0.1) is 0 Å². The monoisotopic (exact) mass is 404 g/mol. The predicted molar refractivity (Wildman–Crippen MR) is 111 cm³/mol. The van der Waals surface area contributed by atoms with E-state index >= 15 is 0 Å². The normalized spacial score (nSPS) is 24.0. The molecule has 1 unspecified atom stereocenters. The van der Waals surface area contributed by atoms with Crippen molar-refractivity contribution < 1.29 is 19.1 Å². The van der Waals surface area contributed by atoms with Gasteiger partial charge in [-0.3, -0.25) is 9.78 Å². The number of hydrogen-bond donors (Lipinski definition) is 2. The van der Waals surface area contributed by atoms with Crippen LogP contribution in [0.4, 0.5) is 16.2 Å². The van der Waals surface area contributed by atoms with Crippen LogP contribution < -0.4 is 16.0 Å². The molecule has 0 aromatic carbocycles. The second-order valence-corrected chi connectivity index (χ2v) is 9.15. The van der Waals surface area contributed by atoms with Gasteiger partial charge < -0.3 is 25.4 Å². The van der Waals surface area contributed by atoms with Gasteiger partial charge in [-0.25, -0.2) is 4.79 Å². The van der Waals surface area contributed by atoms with Crippen molar-refractivity contribution in [1.29, 1.82) is 0 Å². The highest BCUT2D eigenvalue weighted by molar-refractivity contribution is 5.74. The Labute approximate surface area is 172 Å². The van der Waals surface area contributed by atoms with Gasteiger partial charge in [0.2, 0.25) is 0 Å². The summed E-state index contributed by atoms with van der Waals surface area (Å²) in [5, 5.41) is 3.00. The number of amides is 1. The van der Waals surface area contributed by atoms with Crippen LogP contribution >= 0.6 is 0 Å². The molecule has 8 heteroatoms. The molecule has 1 aromatic heterocycles. The number of nitrogens with zero attached hydrogens (tertiary/aromatic N) is 2. The Morgan fingerprint density at radius 2 is 2.03 bits per heavy atom. The number of ether oxygens (including phenoxy) is 2. The molecule has 1 fully saturated rings. The number of aromatic nitrogens is 1. The lowest BCUT2D eigenvalue weighted by molar-refractivity contribution is -0.146. The fourth-order valence-electron chi connectivity index (χ4n) is 4.31. The van der Waals surface area contributed by atoms with E-state index in [1.807, 2.05) is 20.8 Å². The fourth-order valence-corrected chi connectivity index (χ4v) is 4.31. The lowest BCUT2D eigenvalue weighted by atomic mass is 9.94. The van der Waals surface area contributed by atoms with Crippen LogP contribution in [0.3, 0.4) is 0 Å². The standard InChI is InChI=1S/C21H32N4O4/c1-12-8-14(24-20(27)29-21(3,4)5)11-25(10-12)19-15-6-7-17(28-13(2)26)18(15)23-9-16(19)22/h9,12,14,17H,6-8,10-11,22H2,1-5H3,(H,24,27)/t12-,14-,17?/m0/s1. The number of nitrogen functional groups attached to an aromatic ring is 1. The minimum atomic E-state index is -0.536. The number of alkyl carbamates (subject to hydrolysis) is 1. The maximum Gasteiger partial charge on any atom is 0.407 e. The van der Waals surface area contributed by atoms with Crippen molar-refractivity contribution in [3.63, 3.8) is 0 Å². The van der Waals surface area contributed by atoms with Crippen LogP contribution in [0, 0.1) is 5.92 Å².